The standard InChI is InChI=1S/C17H27NO2S/c1-15(2)9-14-21(19,20)17(10-12-18(3)13-11-17)16-7-5-4-6-8-16/h4-8,15H,9-14H2,1-3H3. The fraction of sp³-hybridized carbons (Fsp3) is 0.647. The van der Waals surface area contributed by atoms with Gasteiger partial charge in [0.2, 0.25) is 0 Å². The van der Waals surface area contributed by atoms with Gasteiger partial charge in [-0.2, -0.15) is 0 Å². The van der Waals surface area contributed by atoms with Crippen LogP contribution in [0.15, 0.2) is 30.3 Å². The van der Waals surface area contributed by atoms with Crippen molar-refractivity contribution >= 4 is 9.84 Å². The van der Waals surface area contributed by atoms with Crippen LogP contribution in [0.3, 0.4) is 0 Å². The molecule has 4 heteroatoms. The lowest BCUT2D eigenvalue weighted by Crippen LogP contribution is -2.47. The molecular weight excluding hydrogens is 282 g/mol. The average Bonchev–Trinajstić information content (AvgIpc) is 2.47. The van der Waals surface area contributed by atoms with Gasteiger partial charge in [0.1, 0.15) is 0 Å². The molecule has 0 atom stereocenters. The number of hydrogen-bond acceptors (Lipinski definition) is 3. The quantitative estimate of drug-likeness (QED) is 0.839. The molecule has 0 spiro atoms. The lowest BCUT2D eigenvalue weighted by molar-refractivity contribution is 0.232. The first kappa shape index (κ1) is 16.5. The molecule has 1 aromatic carbocycles. The number of hydrogen-bond donors (Lipinski definition) is 0. The minimum atomic E-state index is -3.14. The Morgan fingerprint density at radius 1 is 1.14 bits per heavy atom. The van der Waals surface area contributed by atoms with E-state index in [1.165, 1.54) is 0 Å². The van der Waals surface area contributed by atoms with Crippen molar-refractivity contribution in [1.82, 2.24) is 4.90 Å². The summed E-state index contributed by atoms with van der Waals surface area (Å²) in [5.74, 6) is 0.711. The Kier molecular flexibility index (Phi) is 5.10. The number of piperidine rings is 1. The van der Waals surface area contributed by atoms with Gasteiger partial charge in [-0.15, -0.1) is 0 Å². The van der Waals surface area contributed by atoms with E-state index < -0.39 is 14.6 Å². The molecule has 3 nitrogen and oxygen atoms in total. The molecule has 0 radical (unpaired) electrons. The minimum Gasteiger partial charge on any atom is -0.306 e. The number of likely N-dealkylation sites (tertiary alicyclic amines) is 1. The Morgan fingerprint density at radius 2 is 1.71 bits per heavy atom. The van der Waals surface area contributed by atoms with Gasteiger partial charge in [0, 0.05) is 0 Å². The Labute approximate surface area is 129 Å². The van der Waals surface area contributed by atoms with Crippen molar-refractivity contribution in [2.75, 3.05) is 25.9 Å². The monoisotopic (exact) mass is 309 g/mol. The van der Waals surface area contributed by atoms with Crippen LogP contribution in [-0.2, 0) is 14.6 Å². The van der Waals surface area contributed by atoms with E-state index in [4.69, 9.17) is 0 Å². The molecule has 1 fully saturated rings. The lowest BCUT2D eigenvalue weighted by Gasteiger charge is -2.40. The van der Waals surface area contributed by atoms with Crippen LogP contribution in [0.5, 0.6) is 0 Å². The first-order valence-corrected chi connectivity index (χ1v) is 9.49. The van der Waals surface area contributed by atoms with Crippen LogP contribution in [0.25, 0.3) is 0 Å². The summed E-state index contributed by atoms with van der Waals surface area (Å²) < 4.78 is 25.5. The van der Waals surface area contributed by atoms with Crippen molar-refractivity contribution in [2.45, 2.75) is 37.9 Å². The molecule has 0 N–H and O–H groups in total. The minimum absolute atomic E-state index is 0.295. The van der Waals surface area contributed by atoms with Gasteiger partial charge in [-0.25, -0.2) is 8.42 Å². The highest BCUT2D eigenvalue weighted by Gasteiger charge is 2.46. The molecule has 21 heavy (non-hydrogen) atoms. The van der Waals surface area contributed by atoms with E-state index in [2.05, 4.69) is 25.8 Å². The maximum atomic E-state index is 13.1. The van der Waals surface area contributed by atoms with Crippen molar-refractivity contribution in [3.8, 4) is 0 Å². The Balaban J connectivity index is 2.37. The Morgan fingerprint density at radius 3 is 2.24 bits per heavy atom. The van der Waals surface area contributed by atoms with Crippen molar-refractivity contribution in [3.05, 3.63) is 35.9 Å². The zero-order valence-corrected chi connectivity index (χ0v) is 14.2. The summed E-state index contributed by atoms with van der Waals surface area (Å²) in [7, 11) is -1.08. The molecular formula is C17H27NO2S. The summed E-state index contributed by atoms with van der Waals surface area (Å²) in [6.45, 7) is 5.85. The first-order valence-electron chi connectivity index (χ1n) is 7.84. The molecule has 1 saturated heterocycles. The van der Waals surface area contributed by atoms with Gasteiger partial charge >= 0.3 is 0 Å². The zero-order valence-electron chi connectivity index (χ0n) is 13.4. The van der Waals surface area contributed by atoms with Gasteiger partial charge < -0.3 is 4.90 Å². The number of sulfone groups is 1. The second-order valence-electron chi connectivity index (χ2n) is 6.66. The average molecular weight is 309 g/mol. The molecule has 0 aliphatic carbocycles. The number of rotatable bonds is 5. The topological polar surface area (TPSA) is 37.4 Å². The Hall–Kier alpha value is -0.870. The van der Waals surface area contributed by atoms with Gasteiger partial charge in [-0.1, -0.05) is 44.2 Å². The smallest absolute Gasteiger partial charge is 0.160 e. The fourth-order valence-electron chi connectivity index (χ4n) is 3.09. The predicted octanol–water partition coefficient (Wildman–Crippen LogP) is 3.07. The maximum Gasteiger partial charge on any atom is 0.160 e. The van der Waals surface area contributed by atoms with E-state index >= 15 is 0 Å². The van der Waals surface area contributed by atoms with Gasteiger partial charge in [0.25, 0.3) is 0 Å². The van der Waals surface area contributed by atoms with Crippen LogP contribution < -0.4 is 0 Å². The maximum absolute atomic E-state index is 13.1. The van der Waals surface area contributed by atoms with Crippen LogP contribution >= 0.6 is 0 Å². The van der Waals surface area contributed by atoms with Gasteiger partial charge in [0.15, 0.2) is 9.84 Å². The summed E-state index contributed by atoms with van der Waals surface area (Å²) in [5.41, 5.74) is 0.974. The molecule has 0 saturated carbocycles. The fourth-order valence-corrected chi connectivity index (χ4v) is 5.56. The van der Waals surface area contributed by atoms with Crippen molar-refractivity contribution in [1.29, 1.82) is 0 Å². The van der Waals surface area contributed by atoms with Gasteiger partial charge in [0.05, 0.1) is 10.5 Å². The second-order valence-corrected chi connectivity index (χ2v) is 9.08. The highest BCUT2D eigenvalue weighted by atomic mass is 32.2. The van der Waals surface area contributed by atoms with E-state index in [9.17, 15) is 8.42 Å². The highest BCUT2D eigenvalue weighted by Crippen LogP contribution is 2.41. The second kappa shape index (κ2) is 6.49. The molecule has 2 rings (SSSR count). The molecule has 1 aliphatic rings. The molecule has 0 unspecified atom stereocenters. The summed E-state index contributed by atoms with van der Waals surface area (Å²) in [5, 5.41) is 0. The van der Waals surface area contributed by atoms with Crippen molar-refractivity contribution in [2.24, 2.45) is 5.92 Å². The third kappa shape index (κ3) is 3.49. The third-order valence-electron chi connectivity index (χ3n) is 4.65. The molecule has 118 valence electrons. The normalized spacial score (nSPS) is 19.8. The van der Waals surface area contributed by atoms with Gasteiger partial charge in [-0.05, 0) is 50.9 Å². The van der Waals surface area contributed by atoms with E-state index in [0.29, 0.717) is 24.5 Å². The molecule has 0 bridgehead atoms. The van der Waals surface area contributed by atoms with E-state index in [0.717, 1.165) is 25.1 Å². The third-order valence-corrected chi connectivity index (χ3v) is 7.26. The largest absolute Gasteiger partial charge is 0.306 e. The lowest BCUT2D eigenvalue weighted by atomic mass is 9.88. The highest BCUT2D eigenvalue weighted by molar-refractivity contribution is 7.92. The molecule has 1 aromatic rings. The van der Waals surface area contributed by atoms with Crippen LogP contribution in [0, 0.1) is 5.92 Å². The molecule has 0 aromatic heterocycles. The first-order chi connectivity index (χ1) is 9.87. The SMILES string of the molecule is CC(C)CCS(=O)(=O)C1(c2ccccc2)CCN(C)CC1. The van der Waals surface area contributed by atoms with Gasteiger partial charge in [-0.3, -0.25) is 0 Å². The van der Waals surface area contributed by atoms with E-state index in [1.54, 1.807) is 0 Å². The summed E-state index contributed by atoms with van der Waals surface area (Å²) in [6, 6.07) is 9.82. The Bertz CT molecular complexity index is 543. The zero-order chi connectivity index (χ0) is 15.5. The number of nitrogens with zero attached hydrogens (tertiary/aromatic N) is 1. The molecule has 0 amide bonds. The number of benzene rings is 1. The van der Waals surface area contributed by atoms with Crippen LogP contribution in [0.2, 0.25) is 0 Å². The van der Waals surface area contributed by atoms with Crippen LogP contribution in [0.1, 0.15) is 38.7 Å². The van der Waals surface area contributed by atoms with Crippen LogP contribution in [-0.4, -0.2) is 39.2 Å². The van der Waals surface area contributed by atoms with E-state index in [1.807, 2.05) is 30.3 Å². The summed E-state index contributed by atoms with van der Waals surface area (Å²) >= 11 is 0. The molecule has 1 aliphatic heterocycles. The summed E-state index contributed by atoms with van der Waals surface area (Å²) in [6.07, 6.45) is 2.15. The van der Waals surface area contributed by atoms with Crippen molar-refractivity contribution in [3.63, 3.8) is 0 Å². The van der Waals surface area contributed by atoms with Crippen LogP contribution in [0.4, 0.5) is 0 Å². The van der Waals surface area contributed by atoms with Crippen molar-refractivity contribution < 1.29 is 8.42 Å². The van der Waals surface area contributed by atoms with E-state index in [-0.39, 0.29) is 0 Å². The molecule has 1 heterocycles. The summed E-state index contributed by atoms with van der Waals surface area (Å²) in [4.78, 5) is 2.22. The predicted molar refractivity (Wildman–Crippen MR) is 88.1 cm³/mol.